The summed E-state index contributed by atoms with van der Waals surface area (Å²) in [4.78, 5) is 11.4. The summed E-state index contributed by atoms with van der Waals surface area (Å²) in [6.07, 6.45) is 1.62. The maximum Gasteiger partial charge on any atom is 0.407 e. The third-order valence-electron chi connectivity index (χ3n) is 2.79. The van der Waals surface area contributed by atoms with Crippen LogP contribution in [0.15, 0.2) is 30.3 Å². The number of ether oxygens (including phenoxy) is 1. The average Bonchev–Trinajstić information content (AvgIpc) is 2.49. The quantitative estimate of drug-likeness (QED) is 0.564. The van der Waals surface area contributed by atoms with E-state index in [4.69, 9.17) is 15.1 Å². The zero-order chi connectivity index (χ0) is 14.6. The molecule has 0 spiro atoms. The number of carbonyl (C=O) groups excluding carboxylic acids is 1. The van der Waals surface area contributed by atoms with Crippen molar-refractivity contribution in [1.29, 1.82) is 5.26 Å². The summed E-state index contributed by atoms with van der Waals surface area (Å²) in [5.74, 6) is 0. The molecule has 0 fully saturated rings. The molecule has 0 aromatic heterocycles. The molecule has 0 heterocycles. The number of alkyl carbamates (subject to hydrolysis) is 1. The fourth-order valence-electron chi connectivity index (χ4n) is 1.67. The van der Waals surface area contributed by atoms with E-state index >= 15 is 0 Å². The van der Waals surface area contributed by atoms with Gasteiger partial charge in [0, 0.05) is 6.54 Å². The van der Waals surface area contributed by atoms with E-state index in [0.29, 0.717) is 13.0 Å². The standard InChI is InChI=1S/C15H20N2O3/c16-11-14(18)9-5-2-6-10-17-15(19)20-12-13-7-3-1-4-8-13/h1,3-4,7-8,14,18H,2,5-6,9-10,12H2,(H,17,19). The summed E-state index contributed by atoms with van der Waals surface area (Å²) in [6.45, 7) is 0.803. The summed E-state index contributed by atoms with van der Waals surface area (Å²) < 4.78 is 5.06. The lowest BCUT2D eigenvalue weighted by Crippen LogP contribution is -2.25. The van der Waals surface area contributed by atoms with Gasteiger partial charge >= 0.3 is 6.09 Å². The van der Waals surface area contributed by atoms with Crippen molar-refractivity contribution in [3.63, 3.8) is 0 Å². The Morgan fingerprint density at radius 1 is 1.30 bits per heavy atom. The second-order valence-corrected chi connectivity index (χ2v) is 4.48. The predicted octanol–water partition coefficient (Wildman–Crippen LogP) is 2.36. The number of hydrogen-bond donors (Lipinski definition) is 2. The van der Waals surface area contributed by atoms with Gasteiger partial charge < -0.3 is 15.2 Å². The van der Waals surface area contributed by atoms with Crippen molar-refractivity contribution in [1.82, 2.24) is 5.32 Å². The maximum atomic E-state index is 11.4. The largest absolute Gasteiger partial charge is 0.445 e. The molecule has 0 aliphatic carbocycles. The van der Waals surface area contributed by atoms with Crippen molar-refractivity contribution < 1.29 is 14.6 Å². The van der Waals surface area contributed by atoms with Crippen LogP contribution in [0.4, 0.5) is 4.79 Å². The van der Waals surface area contributed by atoms with Crippen molar-refractivity contribution >= 4 is 6.09 Å². The minimum Gasteiger partial charge on any atom is -0.445 e. The number of carbonyl (C=O) groups is 1. The van der Waals surface area contributed by atoms with E-state index in [1.54, 1.807) is 6.07 Å². The molecule has 0 aliphatic heterocycles. The van der Waals surface area contributed by atoms with Gasteiger partial charge in [-0.3, -0.25) is 0 Å². The lowest BCUT2D eigenvalue weighted by molar-refractivity contribution is 0.139. The number of rotatable bonds is 8. The molecule has 108 valence electrons. The highest BCUT2D eigenvalue weighted by Gasteiger charge is 2.03. The Balaban J connectivity index is 1.99. The van der Waals surface area contributed by atoms with Crippen molar-refractivity contribution in [3.05, 3.63) is 35.9 Å². The topological polar surface area (TPSA) is 82.4 Å². The first kappa shape index (κ1) is 16.0. The average molecular weight is 276 g/mol. The van der Waals surface area contributed by atoms with E-state index in [9.17, 15) is 4.79 Å². The highest BCUT2D eigenvalue weighted by atomic mass is 16.5. The third kappa shape index (κ3) is 7.39. The van der Waals surface area contributed by atoms with Crippen LogP contribution in [0.1, 0.15) is 31.2 Å². The third-order valence-corrected chi connectivity index (χ3v) is 2.79. The zero-order valence-corrected chi connectivity index (χ0v) is 11.4. The van der Waals surface area contributed by atoms with E-state index in [-0.39, 0.29) is 6.61 Å². The molecular formula is C15H20N2O3. The van der Waals surface area contributed by atoms with Gasteiger partial charge in [0.05, 0.1) is 6.07 Å². The Hall–Kier alpha value is -2.06. The van der Waals surface area contributed by atoms with Crippen LogP contribution in [0.25, 0.3) is 0 Å². The number of nitrogens with zero attached hydrogens (tertiary/aromatic N) is 1. The maximum absolute atomic E-state index is 11.4. The molecule has 1 amide bonds. The lowest BCUT2D eigenvalue weighted by Gasteiger charge is -2.07. The molecule has 0 saturated carbocycles. The second-order valence-electron chi connectivity index (χ2n) is 4.48. The van der Waals surface area contributed by atoms with Gasteiger partial charge in [-0.15, -0.1) is 0 Å². The van der Waals surface area contributed by atoms with E-state index in [1.165, 1.54) is 0 Å². The van der Waals surface area contributed by atoms with Gasteiger partial charge in [0.1, 0.15) is 12.7 Å². The van der Waals surface area contributed by atoms with Crippen molar-refractivity contribution in [3.8, 4) is 6.07 Å². The van der Waals surface area contributed by atoms with Crippen molar-refractivity contribution in [2.75, 3.05) is 6.54 Å². The molecule has 1 atom stereocenters. The van der Waals surface area contributed by atoms with E-state index in [1.807, 2.05) is 30.3 Å². The Bertz CT molecular complexity index is 428. The zero-order valence-electron chi connectivity index (χ0n) is 11.4. The number of amides is 1. The molecule has 5 heteroatoms. The number of benzene rings is 1. The summed E-state index contributed by atoms with van der Waals surface area (Å²) in [7, 11) is 0. The first-order valence-corrected chi connectivity index (χ1v) is 6.74. The van der Waals surface area contributed by atoms with Gasteiger partial charge in [-0.2, -0.15) is 5.26 Å². The molecule has 1 rings (SSSR count). The predicted molar refractivity (Wildman–Crippen MR) is 74.7 cm³/mol. The second kappa shape index (κ2) is 9.82. The van der Waals surface area contributed by atoms with Gasteiger partial charge in [0.2, 0.25) is 0 Å². The van der Waals surface area contributed by atoms with Crippen LogP contribution in [0.5, 0.6) is 0 Å². The fraction of sp³-hybridized carbons (Fsp3) is 0.467. The molecule has 0 radical (unpaired) electrons. The van der Waals surface area contributed by atoms with Crippen LogP contribution in [-0.4, -0.2) is 23.8 Å². The number of hydrogen-bond acceptors (Lipinski definition) is 4. The number of nitriles is 1. The van der Waals surface area contributed by atoms with E-state index < -0.39 is 12.2 Å². The Labute approximate surface area is 119 Å². The van der Waals surface area contributed by atoms with Gasteiger partial charge in [0.25, 0.3) is 0 Å². The number of unbranched alkanes of at least 4 members (excludes halogenated alkanes) is 2. The van der Waals surface area contributed by atoms with Crippen molar-refractivity contribution in [2.24, 2.45) is 0 Å². The number of nitrogens with one attached hydrogen (secondary N) is 1. The van der Waals surface area contributed by atoms with Crippen molar-refractivity contribution in [2.45, 2.75) is 38.4 Å². The lowest BCUT2D eigenvalue weighted by atomic mass is 10.1. The summed E-state index contributed by atoms with van der Waals surface area (Å²) in [5.41, 5.74) is 0.952. The normalized spacial score (nSPS) is 11.4. The smallest absolute Gasteiger partial charge is 0.407 e. The fourth-order valence-corrected chi connectivity index (χ4v) is 1.67. The van der Waals surface area contributed by atoms with Gasteiger partial charge in [-0.1, -0.05) is 36.8 Å². The Kier molecular flexibility index (Phi) is 7.85. The number of aliphatic hydroxyl groups is 1. The summed E-state index contributed by atoms with van der Waals surface area (Å²) in [5, 5.41) is 20.1. The minimum atomic E-state index is -0.876. The van der Waals surface area contributed by atoms with Gasteiger partial charge in [0.15, 0.2) is 0 Å². The first-order valence-electron chi connectivity index (χ1n) is 6.74. The molecule has 0 aliphatic rings. The molecule has 1 unspecified atom stereocenters. The molecule has 0 bridgehead atoms. The highest BCUT2D eigenvalue weighted by molar-refractivity contribution is 5.67. The van der Waals surface area contributed by atoms with E-state index in [0.717, 1.165) is 24.8 Å². The Morgan fingerprint density at radius 2 is 2.05 bits per heavy atom. The van der Waals surface area contributed by atoms with Gasteiger partial charge in [-0.25, -0.2) is 4.79 Å². The molecule has 0 saturated heterocycles. The summed E-state index contributed by atoms with van der Waals surface area (Å²) in [6, 6.07) is 11.3. The molecule has 1 aromatic rings. The monoisotopic (exact) mass is 276 g/mol. The van der Waals surface area contributed by atoms with Crippen LogP contribution in [-0.2, 0) is 11.3 Å². The van der Waals surface area contributed by atoms with Crippen LogP contribution in [0.2, 0.25) is 0 Å². The van der Waals surface area contributed by atoms with Gasteiger partial charge in [-0.05, 0) is 24.8 Å². The van der Waals surface area contributed by atoms with Crippen LogP contribution in [0, 0.1) is 11.3 Å². The van der Waals surface area contributed by atoms with Crippen LogP contribution < -0.4 is 5.32 Å². The summed E-state index contributed by atoms with van der Waals surface area (Å²) >= 11 is 0. The van der Waals surface area contributed by atoms with E-state index in [2.05, 4.69) is 5.32 Å². The Morgan fingerprint density at radius 3 is 2.75 bits per heavy atom. The first-order chi connectivity index (χ1) is 9.72. The van der Waals surface area contributed by atoms with Crippen LogP contribution in [0.3, 0.4) is 0 Å². The molecule has 5 nitrogen and oxygen atoms in total. The SMILES string of the molecule is N#CC(O)CCCCCNC(=O)OCc1ccccc1. The van der Waals surface area contributed by atoms with Crippen LogP contribution >= 0.6 is 0 Å². The number of aliphatic hydroxyl groups excluding tert-OH is 1. The minimum absolute atomic E-state index is 0.265. The molecule has 2 N–H and O–H groups in total. The molecular weight excluding hydrogens is 256 g/mol. The molecule has 1 aromatic carbocycles. The molecule has 20 heavy (non-hydrogen) atoms. The highest BCUT2D eigenvalue weighted by Crippen LogP contribution is 2.03.